The van der Waals surface area contributed by atoms with Gasteiger partial charge in [0.15, 0.2) is 0 Å². The first-order valence-corrected chi connectivity index (χ1v) is 6.68. The van der Waals surface area contributed by atoms with Crippen LogP contribution in [-0.4, -0.2) is 11.1 Å². The van der Waals surface area contributed by atoms with Crippen molar-refractivity contribution in [3.8, 4) is 0 Å². The Kier molecular flexibility index (Phi) is 4.36. The van der Waals surface area contributed by atoms with Crippen LogP contribution >= 0.6 is 0 Å². The first kappa shape index (κ1) is 14.1. The largest absolute Gasteiger partial charge is 0.478 e. The molecule has 0 spiro atoms. The fourth-order valence-electron chi connectivity index (χ4n) is 2.03. The maximum absolute atomic E-state index is 11.4. The van der Waals surface area contributed by atoms with E-state index in [4.69, 9.17) is 0 Å². The van der Waals surface area contributed by atoms with Crippen LogP contribution in [0.15, 0.2) is 54.6 Å². The third kappa shape index (κ3) is 3.35. The summed E-state index contributed by atoms with van der Waals surface area (Å²) < 4.78 is 0. The van der Waals surface area contributed by atoms with Crippen LogP contribution in [0.2, 0.25) is 0 Å². The van der Waals surface area contributed by atoms with Gasteiger partial charge in [0.05, 0.1) is 5.57 Å². The van der Waals surface area contributed by atoms with Crippen LogP contribution in [0.3, 0.4) is 0 Å². The van der Waals surface area contributed by atoms with E-state index in [1.54, 1.807) is 6.08 Å². The van der Waals surface area contributed by atoms with Gasteiger partial charge in [-0.3, -0.25) is 0 Å². The standard InChI is InChI=1S/C18H18O2/c1-13(2)15-10-8-14(9-11-15)12-17(18(19)20)16-6-4-3-5-7-16/h3-13H,1-2H3,(H,19,20)/b17-12-. The van der Waals surface area contributed by atoms with Crippen molar-refractivity contribution in [1.29, 1.82) is 0 Å². The van der Waals surface area contributed by atoms with Crippen LogP contribution < -0.4 is 0 Å². The second kappa shape index (κ2) is 6.20. The molecule has 0 aliphatic heterocycles. The lowest BCUT2D eigenvalue weighted by atomic mass is 9.99. The van der Waals surface area contributed by atoms with Crippen molar-refractivity contribution in [3.05, 3.63) is 71.3 Å². The number of hydrogen-bond donors (Lipinski definition) is 1. The third-order valence-corrected chi connectivity index (χ3v) is 3.23. The fraction of sp³-hybridized carbons (Fsp3) is 0.167. The highest BCUT2D eigenvalue weighted by atomic mass is 16.4. The number of carboxylic acid groups (broad SMARTS) is 1. The van der Waals surface area contributed by atoms with E-state index < -0.39 is 5.97 Å². The van der Waals surface area contributed by atoms with Crippen molar-refractivity contribution in [2.45, 2.75) is 19.8 Å². The van der Waals surface area contributed by atoms with Gasteiger partial charge in [-0.2, -0.15) is 0 Å². The molecule has 0 aromatic heterocycles. The molecule has 2 aromatic rings. The predicted molar refractivity (Wildman–Crippen MR) is 82.5 cm³/mol. The van der Waals surface area contributed by atoms with E-state index in [-0.39, 0.29) is 0 Å². The molecule has 0 aliphatic carbocycles. The van der Waals surface area contributed by atoms with Gasteiger partial charge in [-0.05, 0) is 28.7 Å². The van der Waals surface area contributed by atoms with Gasteiger partial charge < -0.3 is 5.11 Å². The zero-order valence-corrected chi connectivity index (χ0v) is 11.7. The highest BCUT2D eigenvalue weighted by Crippen LogP contribution is 2.20. The van der Waals surface area contributed by atoms with E-state index >= 15 is 0 Å². The molecule has 0 heterocycles. The molecule has 0 fully saturated rings. The van der Waals surface area contributed by atoms with Gasteiger partial charge in [-0.15, -0.1) is 0 Å². The maximum Gasteiger partial charge on any atom is 0.336 e. The number of benzene rings is 2. The molecule has 102 valence electrons. The zero-order chi connectivity index (χ0) is 14.5. The molecular weight excluding hydrogens is 248 g/mol. The summed E-state index contributed by atoms with van der Waals surface area (Å²) in [7, 11) is 0. The van der Waals surface area contributed by atoms with Crippen molar-refractivity contribution in [1.82, 2.24) is 0 Å². The first-order valence-electron chi connectivity index (χ1n) is 6.68. The van der Waals surface area contributed by atoms with Crippen LogP contribution in [0.5, 0.6) is 0 Å². The molecule has 2 nitrogen and oxygen atoms in total. The SMILES string of the molecule is CC(C)c1ccc(/C=C(\C(=O)O)c2ccccc2)cc1. The van der Waals surface area contributed by atoms with Crippen molar-refractivity contribution in [2.24, 2.45) is 0 Å². The lowest BCUT2D eigenvalue weighted by Crippen LogP contribution is -1.99. The second-order valence-corrected chi connectivity index (χ2v) is 5.05. The molecule has 2 heteroatoms. The van der Waals surface area contributed by atoms with Crippen LogP contribution in [0, 0.1) is 0 Å². The van der Waals surface area contributed by atoms with Crippen molar-refractivity contribution in [3.63, 3.8) is 0 Å². The van der Waals surface area contributed by atoms with E-state index in [1.807, 2.05) is 54.6 Å². The average Bonchev–Trinajstić information content (AvgIpc) is 2.46. The lowest BCUT2D eigenvalue weighted by molar-refractivity contribution is -0.130. The quantitative estimate of drug-likeness (QED) is 0.656. The molecule has 20 heavy (non-hydrogen) atoms. The second-order valence-electron chi connectivity index (χ2n) is 5.05. The molecule has 2 aromatic carbocycles. The Morgan fingerprint density at radius 2 is 1.60 bits per heavy atom. The Balaban J connectivity index is 2.37. The molecule has 0 saturated carbocycles. The Morgan fingerprint density at radius 1 is 1.00 bits per heavy atom. The van der Waals surface area contributed by atoms with Crippen LogP contribution in [-0.2, 0) is 4.79 Å². The van der Waals surface area contributed by atoms with Crippen molar-refractivity contribution < 1.29 is 9.90 Å². The molecule has 0 aliphatic rings. The molecule has 2 rings (SSSR count). The number of aliphatic carboxylic acids is 1. The van der Waals surface area contributed by atoms with E-state index in [2.05, 4.69) is 13.8 Å². The summed E-state index contributed by atoms with van der Waals surface area (Å²) in [5.41, 5.74) is 3.17. The molecule has 0 atom stereocenters. The van der Waals surface area contributed by atoms with Gasteiger partial charge >= 0.3 is 5.97 Å². The molecule has 0 radical (unpaired) electrons. The smallest absolute Gasteiger partial charge is 0.336 e. The molecule has 0 saturated heterocycles. The summed E-state index contributed by atoms with van der Waals surface area (Å²) in [6, 6.07) is 17.2. The van der Waals surface area contributed by atoms with E-state index in [1.165, 1.54) is 5.56 Å². The normalized spacial score (nSPS) is 11.7. The minimum absolute atomic E-state index is 0.308. The van der Waals surface area contributed by atoms with Gasteiger partial charge in [0.1, 0.15) is 0 Å². The van der Waals surface area contributed by atoms with Crippen molar-refractivity contribution >= 4 is 17.6 Å². The molecule has 0 bridgehead atoms. The molecule has 0 amide bonds. The average molecular weight is 266 g/mol. The number of hydrogen-bond acceptors (Lipinski definition) is 1. The number of rotatable bonds is 4. The fourth-order valence-corrected chi connectivity index (χ4v) is 2.03. The van der Waals surface area contributed by atoms with Gasteiger partial charge in [-0.25, -0.2) is 4.79 Å². The van der Waals surface area contributed by atoms with Gasteiger partial charge in [0.25, 0.3) is 0 Å². The van der Waals surface area contributed by atoms with Crippen LogP contribution in [0.1, 0.15) is 36.5 Å². The van der Waals surface area contributed by atoms with E-state index in [9.17, 15) is 9.90 Å². The topological polar surface area (TPSA) is 37.3 Å². The Morgan fingerprint density at radius 3 is 2.10 bits per heavy atom. The maximum atomic E-state index is 11.4. The Labute approximate surface area is 119 Å². The predicted octanol–water partition coefficient (Wildman–Crippen LogP) is 4.44. The summed E-state index contributed by atoms with van der Waals surface area (Å²) in [4.78, 5) is 11.4. The first-order chi connectivity index (χ1) is 9.58. The van der Waals surface area contributed by atoms with Crippen molar-refractivity contribution in [2.75, 3.05) is 0 Å². The summed E-state index contributed by atoms with van der Waals surface area (Å²) in [5.74, 6) is -0.440. The Hall–Kier alpha value is -2.35. The molecule has 0 unspecified atom stereocenters. The highest BCUT2D eigenvalue weighted by Gasteiger charge is 2.09. The monoisotopic (exact) mass is 266 g/mol. The summed E-state index contributed by atoms with van der Waals surface area (Å²) in [6.07, 6.45) is 1.71. The highest BCUT2D eigenvalue weighted by molar-refractivity contribution is 6.20. The third-order valence-electron chi connectivity index (χ3n) is 3.23. The zero-order valence-electron chi connectivity index (χ0n) is 11.7. The summed E-state index contributed by atoms with van der Waals surface area (Å²) >= 11 is 0. The van der Waals surface area contributed by atoms with Gasteiger partial charge in [0, 0.05) is 0 Å². The van der Waals surface area contributed by atoms with E-state index in [0.717, 1.165) is 5.56 Å². The summed E-state index contributed by atoms with van der Waals surface area (Å²) in [6.45, 7) is 4.27. The number of carbonyl (C=O) groups is 1. The molecule has 1 N–H and O–H groups in total. The van der Waals surface area contributed by atoms with Crippen LogP contribution in [0.4, 0.5) is 0 Å². The van der Waals surface area contributed by atoms with Gasteiger partial charge in [-0.1, -0.05) is 68.4 Å². The van der Waals surface area contributed by atoms with Crippen LogP contribution in [0.25, 0.3) is 11.6 Å². The van der Waals surface area contributed by atoms with E-state index in [0.29, 0.717) is 17.1 Å². The number of carboxylic acids is 1. The lowest BCUT2D eigenvalue weighted by Gasteiger charge is -2.06. The minimum atomic E-state index is -0.913. The Bertz CT molecular complexity index is 608. The van der Waals surface area contributed by atoms with Gasteiger partial charge in [0.2, 0.25) is 0 Å². The molecular formula is C18H18O2. The summed E-state index contributed by atoms with van der Waals surface area (Å²) in [5, 5.41) is 9.36. The minimum Gasteiger partial charge on any atom is -0.478 e.